The SMILES string of the molecule is CC(=O)Nc1ccc(Cl)cc1-c1ccc(C)o1. The number of anilines is 1. The van der Waals surface area contributed by atoms with E-state index in [1.807, 2.05) is 19.1 Å². The molecule has 4 heteroatoms. The number of furan rings is 1. The molecule has 17 heavy (non-hydrogen) atoms. The Morgan fingerprint density at radius 3 is 2.65 bits per heavy atom. The predicted molar refractivity (Wildman–Crippen MR) is 68.2 cm³/mol. The van der Waals surface area contributed by atoms with Gasteiger partial charge in [0.05, 0.1) is 5.69 Å². The Balaban J connectivity index is 2.50. The molecule has 0 aliphatic heterocycles. The van der Waals surface area contributed by atoms with E-state index in [2.05, 4.69) is 5.32 Å². The molecule has 0 radical (unpaired) electrons. The van der Waals surface area contributed by atoms with Crippen LogP contribution in [0.3, 0.4) is 0 Å². The standard InChI is InChI=1S/C13H12ClNO2/c1-8-3-6-13(17-8)11-7-10(14)4-5-12(11)15-9(2)16/h3-7H,1-2H3,(H,15,16). The molecule has 2 aromatic rings. The summed E-state index contributed by atoms with van der Waals surface area (Å²) in [5.74, 6) is 1.37. The number of carbonyl (C=O) groups is 1. The largest absolute Gasteiger partial charge is 0.461 e. The lowest BCUT2D eigenvalue weighted by atomic mass is 10.1. The van der Waals surface area contributed by atoms with Gasteiger partial charge >= 0.3 is 0 Å². The molecule has 0 fully saturated rings. The molecule has 1 amide bonds. The van der Waals surface area contributed by atoms with Crippen LogP contribution in [0.5, 0.6) is 0 Å². The van der Waals surface area contributed by atoms with Crippen LogP contribution in [0.4, 0.5) is 5.69 Å². The summed E-state index contributed by atoms with van der Waals surface area (Å²) in [6, 6.07) is 8.98. The van der Waals surface area contributed by atoms with Gasteiger partial charge in [0.1, 0.15) is 11.5 Å². The number of benzene rings is 1. The summed E-state index contributed by atoms with van der Waals surface area (Å²) in [4.78, 5) is 11.1. The van der Waals surface area contributed by atoms with Crippen LogP contribution in [-0.2, 0) is 4.79 Å². The topological polar surface area (TPSA) is 42.2 Å². The second kappa shape index (κ2) is 4.63. The highest BCUT2D eigenvalue weighted by Gasteiger charge is 2.10. The average Bonchev–Trinajstić information content (AvgIpc) is 2.67. The van der Waals surface area contributed by atoms with Crippen LogP contribution in [0.1, 0.15) is 12.7 Å². The lowest BCUT2D eigenvalue weighted by Crippen LogP contribution is -2.06. The molecule has 1 aromatic heterocycles. The first-order valence-electron chi connectivity index (χ1n) is 5.20. The van der Waals surface area contributed by atoms with Crippen molar-refractivity contribution in [1.29, 1.82) is 0 Å². The number of nitrogens with one attached hydrogen (secondary N) is 1. The molecule has 0 aliphatic rings. The minimum atomic E-state index is -0.128. The summed E-state index contributed by atoms with van der Waals surface area (Å²) in [5, 5.41) is 3.35. The van der Waals surface area contributed by atoms with Crippen molar-refractivity contribution >= 4 is 23.2 Å². The maximum Gasteiger partial charge on any atom is 0.221 e. The number of hydrogen-bond donors (Lipinski definition) is 1. The predicted octanol–water partition coefficient (Wildman–Crippen LogP) is 3.87. The van der Waals surface area contributed by atoms with E-state index in [9.17, 15) is 4.79 Å². The van der Waals surface area contributed by atoms with Crippen molar-refractivity contribution in [3.05, 3.63) is 41.1 Å². The molecule has 0 bridgehead atoms. The third-order valence-electron chi connectivity index (χ3n) is 2.30. The van der Waals surface area contributed by atoms with Gasteiger partial charge in [-0.3, -0.25) is 4.79 Å². The van der Waals surface area contributed by atoms with Gasteiger partial charge in [-0.1, -0.05) is 11.6 Å². The molecule has 0 aliphatic carbocycles. The zero-order valence-corrected chi connectivity index (χ0v) is 10.3. The normalized spacial score (nSPS) is 10.3. The maximum absolute atomic E-state index is 11.1. The molecule has 1 N–H and O–H groups in total. The first-order chi connectivity index (χ1) is 8.06. The van der Waals surface area contributed by atoms with Crippen LogP contribution in [0, 0.1) is 6.92 Å². The van der Waals surface area contributed by atoms with Crippen LogP contribution in [-0.4, -0.2) is 5.91 Å². The Bertz CT molecular complexity index is 560. The monoisotopic (exact) mass is 249 g/mol. The highest BCUT2D eigenvalue weighted by atomic mass is 35.5. The van der Waals surface area contributed by atoms with Gasteiger partial charge in [-0.05, 0) is 37.3 Å². The van der Waals surface area contributed by atoms with Gasteiger partial charge in [-0.2, -0.15) is 0 Å². The van der Waals surface area contributed by atoms with Gasteiger partial charge < -0.3 is 9.73 Å². The zero-order chi connectivity index (χ0) is 12.4. The Morgan fingerprint density at radius 1 is 1.29 bits per heavy atom. The molecular weight excluding hydrogens is 238 g/mol. The molecule has 0 unspecified atom stereocenters. The zero-order valence-electron chi connectivity index (χ0n) is 9.58. The minimum absolute atomic E-state index is 0.128. The molecular formula is C13H12ClNO2. The first kappa shape index (κ1) is 11.7. The smallest absolute Gasteiger partial charge is 0.221 e. The van der Waals surface area contributed by atoms with Gasteiger partial charge in [-0.15, -0.1) is 0 Å². The number of aryl methyl sites for hydroxylation is 1. The fraction of sp³-hybridized carbons (Fsp3) is 0.154. The number of halogens is 1. The van der Waals surface area contributed by atoms with E-state index in [4.69, 9.17) is 16.0 Å². The molecule has 0 atom stereocenters. The first-order valence-corrected chi connectivity index (χ1v) is 5.58. The Labute approximate surface area is 104 Å². The fourth-order valence-corrected chi connectivity index (χ4v) is 1.77. The van der Waals surface area contributed by atoms with Gasteiger partial charge in [0.2, 0.25) is 5.91 Å². The minimum Gasteiger partial charge on any atom is -0.461 e. The summed E-state index contributed by atoms with van der Waals surface area (Å²) in [6.07, 6.45) is 0. The number of carbonyl (C=O) groups excluding carboxylic acids is 1. The van der Waals surface area contributed by atoms with Crippen LogP contribution in [0.15, 0.2) is 34.7 Å². The Hall–Kier alpha value is -1.74. The fourth-order valence-electron chi connectivity index (χ4n) is 1.60. The van der Waals surface area contributed by atoms with E-state index in [-0.39, 0.29) is 5.91 Å². The molecule has 3 nitrogen and oxygen atoms in total. The Morgan fingerprint density at radius 2 is 2.06 bits per heavy atom. The summed E-state index contributed by atoms with van der Waals surface area (Å²) < 4.78 is 5.54. The molecule has 1 aromatic carbocycles. The Kier molecular flexibility index (Phi) is 3.20. The molecule has 88 valence electrons. The summed E-state index contributed by atoms with van der Waals surface area (Å²) in [5.41, 5.74) is 1.47. The van der Waals surface area contributed by atoms with Crippen LogP contribution in [0.25, 0.3) is 11.3 Å². The number of rotatable bonds is 2. The van der Waals surface area contributed by atoms with Gasteiger partial charge in [0.25, 0.3) is 0 Å². The van der Waals surface area contributed by atoms with Crippen molar-refractivity contribution < 1.29 is 9.21 Å². The van der Waals surface area contributed by atoms with Crippen molar-refractivity contribution in [2.75, 3.05) is 5.32 Å². The summed E-state index contributed by atoms with van der Waals surface area (Å²) in [6.45, 7) is 3.33. The van der Waals surface area contributed by atoms with Crippen molar-refractivity contribution in [1.82, 2.24) is 0 Å². The maximum atomic E-state index is 11.1. The van der Waals surface area contributed by atoms with Crippen LogP contribution < -0.4 is 5.32 Å². The number of amides is 1. The highest BCUT2D eigenvalue weighted by molar-refractivity contribution is 6.31. The quantitative estimate of drug-likeness (QED) is 0.878. The van der Waals surface area contributed by atoms with E-state index >= 15 is 0 Å². The summed E-state index contributed by atoms with van der Waals surface area (Å²) >= 11 is 5.96. The lowest BCUT2D eigenvalue weighted by Gasteiger charge is -2.08. The van der Waals surface area contributed by atoms with E-state index in [0.29, 0.717) is 16.5 Å². The van der Waals surface area contributed by atoms with E-state index < -0.39 is 0 Å². The lowest BCUT2D eigenvalue weighted by molar-refractivity contribution is -0.114. The highest BCUT2D eigenvalue weighted by Crippen LogP contribution is 2.32. The van der Waals surface area contributed by atoms with Gasteiger partial charge in [-0.25, -0.2) is 0 Å². The summed E-state index contributed by atoms with van der Waals surface area (Å²) in [7, 11) is 0. The van der Waals surface area contributed by atoms with Crippen molar-refractivity contribution in [2.45, 2.75) is 13.8 Å². The molecule has 0 saturated carbocycles. The van der Waals surface area contributed by atoms with E-state index in [1.165, 1.54) is 6.92 Å². The van der Waals surface area contributed by atoms with Crippen molar-refractivity contribution in [2.24, 2.45) is 0 Å². The molecule has 2 rings (SSSR count). The molecule has 0 saturated heterocycles. The second-order valence-electron chi connectivity index (χ2n) is 3.78. The van der Waals surface area contributed by atoms with Gasteiger partial charge in [0, 0.05) is 17.5 Å². The second-order valence-corrected chi connectivity index (χ2v) is 4.22. The van der Waals surface area contributed by atoms with Crippen LogP contribution in [0.2, 0.25) is 5.02 Å². The average molecular weight is 250 g/mol. The molecule has 1 heterocycles. The number of hydrogen-bond acceptors (Lipinski definition) is 2. The van der Waals surface area contributed by atoms with E-state index in [0.717, 1.165) is 11.3 Å². The van der Waals surface area contributed by atoms with E-state index in [1.54, 1.807) is 18.2 Å². The third kappa shape index (κ3) is 2.68. The third-order valence-corrected chi connectivity index (χ3v) is 2.53. The van der Waals surface area contributed by atoms with Gasteiger partial charge in [0.15, 0.2) is 0 Å². The molecule has 0 spiro atoms. The van der Waals surface area contributed by atoms with Crippen molar-refractivity contribution in [3.8, 4) is 11.3 Å². The van der Waals surface area contributed by atoms with Crippen LogP contribution >= 0.6 is 11.6 Å². The van der Waals surface area contributed by atoms with Crippen molar-refractivity contribution in [3.63, 3.8) is 0 Å².